The van der Waals surface area contributed by atoms with Crippen LogP contribution in [-0.2, 0) is 11.8 Å². The van der Waals surface area contributed by atoms with Gasteiger partial charge in [-0.25, -0.2) is 4.98 Å². The number of nitrogens with zero attached hydrogens (tertiary/aromatic N) is 1. The van der Waals surface area contributed by atoms with E-state index < -0.39 is 0 Å². The van der Waals surface area contributed by atoms with Crippen molar-refractivity contribution in [1.82, 2.24) is 0 Å². The molecule has 2 aromatic carbocycles. The molecule has 1 aliphatic rings. The number of aromatic nitrogens is 1. The second-order valence-electron chi connectivity index (χ2n) is 7.76. The van der Waals surface area contributed by atoms with Gasteiger partial charge in [0.2, 0.25) is 5.52 Å². The van der Waals surface area contributed by atoms with Crippen molar-refractivity contribution in [3.05, 3.63) is 89.3 Å². The number of nitrogens with one attached hydrogen (secondary N) is 1. The van der Waals surface area contributed by atoms with E-state index in [0.717, 1.165) is 6.42 Å². The molecule has 1 aliphatic heterocycles. The molecule has 2 heteroatoms. The highest BCUT2D eigenvalue weighted by Gasteiger charge is 2.37. The van der Waals surface area contributed by atoms with Crippen LogP contribution in [0.2, 0.25) is 0 Å². The maximum Gasteiger partial charge on any atom is 0.211 e. The Morgan fingerprint density at radius 1 is 1.04 bits per heavy atom. The first-order chi connectivity index (χ1) is 13.0. The third-order valence-corrected chi connectivity index (χ3v) is 5.71. The number of hydrogen-bond donors (Lipinski definition) is 0. The Morgan fingerprint density at radius 2 is 1.78 bits per heavy atom. The summed E-state index contributed by atoms with van der Waals surface area (Å²) in [5.74, 6) is 0. The van der Waals surface area contributed by atoms with Crippen LogP contribution in [0.4, 0.5) is 5.69 Å². The van der Waals surface area contributed by atoms with Crippen molar-refractivity contribution in [2.45, 2.75) is 32.6 Å². The van der Waals surface area contributed by atoms with Crippen LogP contribution >= 0.6 is 0 Å². The molecule has 0 atom stereocenters. The summed E-state index contributed by atoms with van der Waals surface area (Å²) in [6.45, 7) is 6.79. The number of allylic oxidation sites excluding steroid dienone is 3. The quantitative estimate of drug-likeness (QED) is 0.603. The molecule has 2 nitrogen and oxygen atoms in total. The fraction of sp³-hybridized carbons (Fsp3) is 0.240. The number of pyridine rings is 1. The first kappa shape index (κ1) is 17.5. The SMILES string of the molecule is CCc1cc(C=CC=C2N(C)c3ccccc3C2(C)C)c2ccccc2[nH+]1. The molecule has 0 spiro atoms. The standard InChI is InChI=1S/C25H26N2/c1-5-19-17-18(20-12-6-8-14-22(20)26-19)11-10-16-24-25(2,3)21-13-7-9-15-23(21)27(24)4/h6-17H,5H2,1-4H3/p+1. The van der Waals surface area contributed by atoms with Gasteiger partial charge in [-0.2, -0.15) is 0 Å². The molecular formula is C25H27N2+. The van der Waals surface area contributed by atoms with Gasteiger partial charge in [-0.05, 0) is 29.3 Å². The number of rotatable bonds is 3. The van der Waals surface area contributed by atoms with E-state index >= 15 is 0 Å². The fourth-order valence-electron chi connectivity index (χ4n) is 4.19. The maximum absolute atomic E-state index is 3.52. The van der Waals surface area contributed by atoms with Crippen LogP contribution < -0.4 is 9.88 Å². The molecule has 2 heterocycles. The summed E-state index contributed by atoms with van der Waals surface area (Å²) in [5, 5.41) is 1.26. The number of benzene rings is 2. The Hall–Kier alpha value is -2.87. The molecule has 0 saturated heterocycles. The molecular weight excluding hydrogens is 328 g/mol. The minimum Gasteiger partial charge on any atom is -0.347 e. The largest absolute Gasteiger partial charge is 0.347 e. The Labute approximate surface area is 161 Å². The summed E-state index contributed by atoms with van der Waals surface area (Å²) in [5.41, 5.74) is 7.73. The highest BCUT2D eigenvalue weighted by atomic mass is 15.2. The zero-order chi connectivity index (χ0) is 19.0. The van der Waals surface area contributed by atoms with Gasteiger partial charge in [0.15, 0.2) is 5.69 Å². The molecule has 0 amide bonds. The smallest absolute Gasteiger partial charge is 0.211 e. The minimum absolute atomic E-state index is 0.0107. The van der Waals surface area contributed by atoms with Gasteiger partial charge in [-0.1, -0.05) is 63.3 Å². The van der Waals surface area contributed by atoms with E-state index in [9.17, 15) is 0 Å². The average Bonchev–Trinajstić information content (AvgIpc) is 2.88. The highest BCUT2D eigenvalue weighted by Crippen LogP contribution is 2.46. The highest BCUT2D eigenvalue weighted by molar-refractivity contribution is 5.86. The number of para-hydroxylation sites is 2. The monoisotopic (exact) mass is 355 g/mol. The van der Waals surface area contributed by atoms with Crippen LogP contribution in [0.5, 0.6) is 0 Å². The number of hydrogen-bond acceptors (Lipinski definition) is 1. The summed E-state index contributed by atoms with van der Waals surface area (Å²) in [7, 11) is 2.16. The van der Waals surface area contributed by atoms with Crippen molar-refractivity contribution in [2.75, 3.05) is 11.9 Å². The fourth-order valence-corrected chi connectivity index (χ4v) is 4.19. The van der Waals surface area contributed by atoms with E-state index in [4.69, 9.17) is 0 Å². The van der Waals surface area contributed by atoms with Crippen molar-refractivity contribution in [3.8, 4) is 0 Å². The van der Waals surface area contributed by atoms with Crippen molar-refractivity contribution in [2.24, 2.45) is 0 Å². The second kappa shape index (κ2) is 6.70. The molecule has 4 rings (SSSR count). The molecule has 136 valence electrons. The van der Waals surface area contributed by atoms with Crippen molar-refractivity contribution < 1.29 is 4.98 Å². The average molecular weight is 356 g/mol. The Morgan fingerprint density at radius 3 is 2.56 bits per heavy atom. The van der Waals surface area contributed by atoms with Crippen molar-refractivity contribution in [1.29, 1.82) is 0 Å². The lowest BCUT2D eigenvalue weighted by Crippen LogP contribution is -2.22. The van der Waals surface area contributed by atoms with Gasteiger partial charge >= 0.3 is 0 Å². The summed E-state index contributed by atoms with van der Waals surface area (Å²) < 4.78 is 0. The lowest BCUT2D eigenvalue weighted by atomic mass is 9.84. The maximum atomic E-state index is 3.52. The first-order valence-electron chi connectivity index (χ1n) is 9.68. The van der Waals surface area contributed by atoms with Crippen LogP contribution in [0.25, 0.3) is 17.0 Å². The van der Waals surface area contributed by atoms with Crippen LogP contribution in [0.3, 0.4) is 0 Å². The van der Waals surface area contributed by atoms with E-state index in [1.807, 2.05) is 0 Å². The molecule has 3 aromatic rings. The van der Waals surface area contributed by atoms with Crippen molar-refractivity contribution >= 4 is 22.7 Å². The predicted octanol–water partition coefficient (Wildman–Crippen LogP) is 5.54. The van der Waals surface area contributed by atoms with E-state index in [1.165, 1.54) is 39.1 Å². The zero-order valence-corrected chi connectivity index (χ0v) is 16.6. The van der Waals surface area contributed by atoms with Gasteiger partial charge < -0.3 is 4.90 Å². The molecule has 0 radical (unpaired) electrons. The van der Waals surface area contributed by atoms with Crippen molar-refractivity contribution in [3.63, 3.8) is 0 Å². The molecule has 0 aliphatic carbocycles. The van der Waals surface area contributed by atoms with Gasteiger partial charge in [0, 0.05) is 42.4 Å². The molecule has 1 N–H and O–H groups in total. The lowest BCUT2D eigenvalue weighted by Gasteiger charge is -2.23. The number of anilines is 1. The van der Waals surface area contributed by atoms with E-state index in [1.54, 1.807) is 0 Å². The van der Waals surface area contributed by atoms with Gasteiger partial charge in [0.05, 0.1) is 5.39 Å². The van der Waals surface area contributed by atoms with Crippen LogP contribution in [0.1, 0.15) is 37.6 Å². The van der Waals surface area contributed by atoms with Gasteiger partial charge in [-0.15, -0.1) is 0 Å². The molecule has 0 saturated carbocycles. The van der Waals surface area contributed by atoms with Gasteiger partial charge in [0.25, 0.3) is 0 Å². The Kier molecular flexibility index (Phi) is 4.35. The molecule has 1 aromatic heterocycles. The Bertz CT molecular complexity index is 1060. The number of likely N-dealkylation sites (N-methyl/N-ethyl adjacent to an activating group) is 1. The summed E-state index contributed by atoms with van der Waals surface area (Å²) >= 11 is 0. The van der Waals surface area contributed by atoms with Gasteiger partial charge in [-0.3, -0.25) is 0 Å². The molecule has 27 heavy (non-hydrogen) atoms. The van der Waals surface area contributed by atoms with Gasteiger partial charge in [0.1, 0.15) is 0 Å². The minimum atomic E-state index is 0.0107. The van der Waals surface area contributed by atoms with Crippen LogP contribution in [0, 0.1) is 0 Å². The van der Waals surface area contributed by atoms with E-state index in [2.05, 4.69) is 111 Å². The number of fused-ring (bicyclic) bond motifs is 2. The van der Waals surface area contributed by atoms with E-state index in [0.29, 0.717) is 0 Å². The summed E-state index contributed by atoms with van der Waals surface area (Å²) in [4.78, 5) is 5.84. The van der Waals surface area contributed by atoms with Crippen LogP contribution in [0.15, 0.2) is 72.4 Å². The number of aromatic amines is 1. The molecule has 0 unspecified atom stereocenters. The summed E-state index contributed by atoms with van der Waals surface area (Å²) in [6.07, 6.45) is 7.69. The van der Waals surface area contributed by atoms with E-state index in [-0.39, 0.29) is 5.41 Å². The van der Waals surface area contributed by atoms with Crippen LogP contribution in [-0.4, -0.2) is 7.05 Å². The Balaban J connectivity index is 1.74. The number of H-pyrrole nitrogens is 1. The number of aryl methyl sites for hydroxylation is 1. The molecule has 0 fully saturated rings. The zero-order valence-electron chi connectivity index (χ0n) is 16.6. The predicted molar refractivity (Wildman–Crippen MR) is 115 cm³/mol. The first-order valence-corrected chi connectivity index (χ1v) is 9.68. The summed E-state index contributed by atoms with van der Waals surface area (Å²) in [6, 6.07) is 19.5. The topological polar surface area (TPSA) is 17.4 Å². The third kappa shape index (κ3) is 2.95. The second-order valence-corrected chi connectivity index (χ2v) is 7.76. The normalized spacial score (nSPS) is 17.2. The third-order valence-electron chi connectivity index (χ3n) is 5.71. The molecule has 0 bridgehead atoms. The lowest BCUT2D eigenvalue weighted by molar-refractivity contribution is -0.357.